The molecule has 1 N–H and O–H groups in total. The summed E-state index contributed by atoms with van der Waals surface area (Å²) in [7, 11) is -3.67. The molecule has 0 atom stereocenters. The van der Waals surface area contributed by atoms with Crippen LogP contribution in [0.2, 0.25) is 5.02 Å². The Balaban J connectivity index is 2.53. The van der Waals surface area contributed by atoms with Crippen LogP contribution in [0.3, 0.4) is 0 Å². The first-order chi connectivity index (χ1) is 9.81. The third-order valence-electron chi connectivity index (χ3n) is 3.09. The molecule has 4 nitrogen and oxygen atoms in total. The van der Waals surface area contributed by atoms with Gasteiger partial charge in [0.2, 0.25) is 0 Å². The van der Waals surface area contributed by atoms with Crippen molar-refractivity contribution in [1.29, 1.82) is 0 Å². The number of halogens is 1. The van der Waals surface area contributed by atoms with Gasteiger partial charge in [-0.2, -0.15) is 0 Å². The van der Waals surface area contributed by atoms with Gasteiger partial charge in [-0.15, -0.1) is 0 Å². The zero-order valence-corrected chi connectivity index (χ0v) is 12.8. The quantitative estimate of drug-likeness (QED) is 0.936. The molecule has 0 saturated heterocycles. The SMILES string of the molecule is Cc1c(C(=O)O)cc(Cl)cc1S(=O)(=O)Cc1ccccc1. The first-order valence-electron chi connectivity index (χ1n) is 6.11. The van der Waals surface area contributed by atoms with Gasteiger partial charge in [0.1, 0.15) is 0 Å². The van der Waals surface area contributed by atoms with Gasteiger partial charge in [0.15, 0.2) is 9.84 Å². The maximum atomic E-state index is 12.5. The van der Waals surface area contributed by atoms with Gasteiger partial charge in [-0.3, -0.25) is 0 Å². The van der Waals surface area contributed by atoms with Crippen LogP contribution in [0.5, 0.6) is 0 Å². The summed E-state index contributed by atoms with van der Waals surface area (Å²) >= 11 is 5.85. The van der Waals surface area contributed by atoms with E-state index in [1.165, 1.54) is 19.1 Å². The molecule has 0 radical (unpaired) electrons. The topological polar surface area (TPSA) is 71.4 Å². The highest BCUT2D eigenvalue weighted by atomic mass is 35.5. The van der Waals surface area contributed by atoms with Crippen LogP contribution in [-0.2, 0) is 15.6 Å². The van der Waals surface area contributed by atoms with Crippen molar-refractivity contribution in [3.05, 3.63) is 64.2 Å². The van der Waals surface area contributed by atoms with E-state index < -0.39 is 15.8 Å². The molecule has 110 valence electrons. The van der Waals surface area contributed by atoms with Crippen molar-refractivity contribution in [2.24, 2.45) is 0 Å². The highest BCUT2D eigenvalue weighted by Gasteiger charge is 2.22. The van der Waals surface area contributed by atoms with Crippen LogP contribution >= 0.6 is 11.6 Å². The number of aromatic carboxylic acids is 1. The van der Waals surface area contributed by atoms with E-state index in [0.29, 0.717) is 5.56 Å². The minimum absolute atomic E-state index is 0.0451. The van der Waals surface area contributed by atoms with Crippen molar-refractivity contribution in [3.8, 4) is 0 Å². The maximum absolute atomic E-state index is 12.5. The summed E-state index contributed by atoms with van der Waals surface area (Å²) in [5, 5.41) is 9.20. The van der Waals surface area contributed by atoms with E-state index in [-0.39, 0.29) is 26.8 Å². The highest BCUT2D eigenvalue weighted by molar-refractivity contribution is 7.90. The molecule has 0 amide bonds. The van der Waals surface area contributed by atoms with E-state index in [9.17, 15) is 13.2 Å². The zero-order valence-electron chi connectivity index (χ0n) is 11.2. The van der Waals surface area contributed by atoms with Crippen molar-refractivity contribution < 1.29 is 18.3 Å². The van der Waals surface area contributed by atoms with Gasteiger partial charge < -0.3 is 5.11 Å². The van der Waals surface area contributed by atoms with E-state index in [0.717, 1.165) is 0 Å². The molecule has 0 fully saturated rings. The van der Waals surface area contributed by atoms with Crippen molar-refractivity contribution in [2.45, 2.75) is 17.6 Å². The molecule has 0 aliphatic rings. The molecule has 0 aliphatic heterocycles. The minimum atomic E-state index is -3.67. The van der Waals surface area contributed by atoms with Crippen molar-refractivity contribution >= 4 is 27.4 Å². The summed E-state index contributed by atoms with van der Waals surface area (Å²) in [4.78, 5) is 11.1. The number of carbonyl (C=O) groups is 1. The molecular weight excluding hydrogens is 312 g/mol. The molecule has 0 heterocycles. The van der Waals surface area contributed by atoms with Gasteiger partial charge in [0, 0.05) is 5.02 Å². The maximum Gasteiger partial charge on any atom is 0.336 e. The van der Waals surface area contributed by atoms with Crippen LogP contribution in [0.4, 0.5) is 0 Å². The molecule has 0 spiro atoms. The Kier molecular flexibility index (Phi) is 4.34. The van der Waals surface area contributed by atoms with Gasteiger partial charge >= 0.3 is 5.97 Å². The second-order valence-corrected chi connectivity index (χ2v) is 7.02. The second-order valence-electron chi connectivity index (χ2n) is 4.63. The molecule has 0 aliphatic carbocycles. The average Bonchev–Trinajstić information content (AvgIpc) is 2.41. The van der Waals surface area contributed by atoms with Gasteiger partial charge in [0.05, 0.1) is 16.2 Å². The van der Waals surface area contributed by atoms with Crippen LogP contribution in [0.1, 0.15) is 21.5 Å². The fraction of sp³-hybridized carbons (Fsp3) is 0.133. The Hall–Kier alpha value is -1.85. The number of carboxylic acids is 1. The largest absolute Gasteiger partial charge is 0.478 e. The molecule has 2 aromatic carbocycles. The third kappa shape index (κ3) is 3.43. The Morgan fingerprint density at radius 1 is 1.19 bits per heavy atom. The number of benzene rings is 2. The fourth-order valence-corrected chi connectivity index (χ4v) is 4.02. The zero-order chi connectivity index (χ0) is 15.6. The first kappa shape index (κ1) is 15.5. The lowest BCUT2D eigenvalue weighted by atomic mass is 10.1. The van der Waals surface area contributed by atoms with E-state index in [4.69, 9.17) is 16.7 Å². The van der Waals surface area contributed by atoms with Crippen LogP contribution in [0, 0.1) is 6.92 Å². The first-order valence-corrected chi connectivity index (χ1v) is 8.14. The van der Waals surface area contributed by atoms with E-state index in [1.54, 1.807) is 30.3 Å². The Labute approximate surface area is 127 Å². The summed E-state index contributed by atoms with van der Waals surface area (Å²) < 4.78 is 25.0. The lowest BCUT2D eigenvalue weighted by Gasteiger charge is -2.11. The number of hydrogen-bond acceptors (Lipinski definition) is 3. The number of rotatable bonds is 4. The Bertz CT molecular complexity index is 783. The molecule has 0 saturated carbocycles. The lowest BCUT2D eigenvalue weighted by molar-refractivity contribution is 0.0696. The normalized spacial score (nSPS) is 11.3. The Morgan fingerprint density at radius 2 is 1.81 bits per heavy atom. The molecule has 2 rings (SSSR count). The number of sulfone groups is 1. The van der Waals surface area contributed by atoms with Gasteiger partial charge in [0.25, 0.3) is 0 Å². The van der Waals surface area contributed by atoms with Crippen LogP contribution in [0.25, 0.3) is 0 Å². The monoisotopic (exact) mass is 324 g/mol. The number of carboxylic acid groups (broad SMARTS) is 1. The van der Waals surface area contributed by atoms with Crippen molar-refractivity contribution in [1.82, 2.24) is 0 Å². The smallest absolute Gasteiger partial charge is 0.336 e. The van der Waals surface area contributed by atoms with Crippen LogP contribution < -0.4 is 0 Å². The van der Waals surface area contributed by atoms with E-state index in [2.05, 4.69) is 0 Å². The van der Waals surface area contributed by atoms with Crippen LogP contribution in [-0.4, -0.2) is 19.5 Å². The highest BCUT2D eigenvalue weighted by Crippen LogP contribution is 2.27. The molecule has 0 aromatic heterocycles. The summed E-state index contributed by atoms with van der Waals surface area (Å²) in [5.74, 6) is -1.40. The molecule has 6 heteroatoms. The minimum Gasteiger partial charge on any atom is -0.478 e. The molecule has 2 aromatic rings. The molecule has 0 bridgehead atoms. The standard InChI is InChI=1S/C15H13ClO4S/c1-10-13(15(17)18)7-12(16)8-14(10)21(19,20)9-11-5-3-2-4-6-11/h2-8H,9H2,1H3,(H,17,18). The second kappa shape index (κ2) is 5.87. The van der Waals surface area contributed by atoms with Crippen molar-refractivity contribution in [2.75, 3.05) is 0 Å². The summed E-state index contributed by atoms with van der Waals surface area (Å²) in [6, 6.07) is 11.2. The molecular formula is C15H13ClO4S. The molecule has 21 heavy (non-hydrogen) atoms. The summed E-state index contributed by atoms with van der Waals surface area (Å²) in [5.41, 5.74) is 0.728. The Morgan fingerprint density at radius 3 is 2.38 bits per heavy atom. The van der Waals surface area contributed by atoms with Crippen molar-refractivity contribution in [3.63, 3.8) is 0 Å². The summed E-state index contributed by atoms with van der Waals surface area (Å²) in [6.07, 6.45) is 0. The van der Waals surface area contributed by atoms with Gasteiger partial charge in [-0.05, 0) is 30.2 Å². The van der Waals surface area contributed by atoms with Crippen LogP contribution in [0.15, 0.2) is 47.4 Å². The summed E-state index contributed by atoms with van der Waals surface area (Å²) in [6.45, 7) is 1.47. The third-order valence-corrected chi connectivity index (χ3v) is 5.12. The predicted octanol–water partition coefficient (Wildman–Crippen LogP) is 3.32. The predicted molar refractivity (Wildman–Crippen MR) is 80.5 cm³/mol. The van der Waals surface area contributed by atoms with Gasteiger partial charge in [-0.25, -0.2) is 13.2 Å². The number of hydrogen-bond donors (Lipinski definition) is 1. The van der Waals surface area contributed by atoms with E-state index in [1.807, 2.05) is 0 Å². The molecule has 0 unspecified atom stereocenters. The van der Waals surface area contributed by atoms with E-state index >= 15 is 0 Å². The van der Waals surface area contributed by atoms with Gasteiger partial charge in [-0.1, -0.05) is 41.9 Å². The lowest BCUT2D eigenvalue weighted by Crippen LogP contribution is -2.10. The average molecular weight is 325 g/mol. The fourth-order valence-electron chi connectivity index (χ4n) is 2.07.